The van der Waals surface area contributed by atoms with Crippen LogP contribution >= 0.6 is 12.4 Å². The molecule has 1 amide bonds. The quantitative estimate of drug-likeness (QED) is 0.821. The number of amides is 1. The summed E-state index contributed by atoms with van der Waals surface area (Å²) in [5, 5.41) is 7.62. The second-order valence-corrected chi connectivity index (χ2v) is 7.84. The van der Waals surface area contributed by atoms with Crippen LogP contribution in [-0.4, -0.2) is 27.8 Å². The number of hydrogen-bond acceptors (Lipinski definition) is 3. The Morgan fingerprint density at radius 3 is 2.78 bits per heavy atom. The number of benzene rings is 1. The second kappa shape index (κ2) is 7.24. The number of halogens is 2. The number of nitrogens with two attached hydrogens (primary N) is 1. The number of nitrogens with zero attached hydrogens (tertiary/aromatic N) is 2. The molecule has 1 atom stereocenters. The standard InChI is InChI=1S/C20H25FN4O.ClH/c1-12-6-9-17(15(21)10-12)25-16-5-3-4-14(16)18(24-25)19(26)23-20(2,11-22)13-7-8-13;/h6,9-10,13H,3-5,7-8,11,22H2,1-2H3,(H,23,26);1H. The van der Waals surface area contributed by atoms with E-state index in [4.69, 9.17) is 5.73 Å². The Morgan fingerprint density at radius 1 is 1.41 bits per heavy atom. The SMILES string of the molecule is Cc1ccc(-n2nc(C(=O)NC(C)(CN)C3CC3)c3c2CCC3)c(F)c1.Cl. The van der Waals surface area contributed by atoms with Crippen LogP contribution in [0.2, 0.25) is 0 Å². The molecule has 0 spiro atoms. The van der Waals surface area contributed by atoms with Crippen molar-refractivity contribution in [2.75, 3.05) is 6.54 Å². The van der Waals surface area contributed by atoms with E-state index in [1.165, 1.54) is 6.07 Å². The molecule has 3 N–H and O–H groups in total. The lowest BCUT2D eigenvalue weighted by Crippen LogP contribution is -2.53. The van der Waals surface area contributed by atoms with Crippen LogP contribution in [0.25, 0.3) is 5.69 Å². The van der Waals surface area contributed by atoms with Crippen molar-refractivity contribution in [2.24, 2.45) is 11.7 Å². The molecular weight excluding hydrogens is 367 g/mol. The first-order valence-electron chi connectivity index (χ1n) is 9.33. The lowest BCUT2D eigenvalue weighted by molar-refractivity contribution is 0.0891. The minimum atomic E-state index is -0.401. The van der Waals surface area contributed by atoms with Crippen LogP contribution < -0.4 is 11.1 Å². The zero-order chi connectivity index (χ0) is 18.5. The zero-order valence-corrected chi connectivity index (χ0v) is 16.5. The molecule has 4 rings (SSSR count). The number of rotatable bonds is 5. The first-order chi connectivity index (χ1) is 12.4. The molecule has 0 bridgehead atoms. The molecule has 2 aliphatic rings. The number of carbonyl (C=O) groups excluding carboxylic acids is 1. The maximum Gasteiger partial charge on any atom is 0.272 e. The minimum Gasteiger partial charge on any atom is -0.344 e. The summed E-state index contributed by atoms with van der Waals surface area (Å²) in [5.74, 6) is -0.0886. The van der Waals surface area contributed by atoms with Crippen LogP contribution in [0.1, 0.15) is 53.5 Å². The number of hydrogen-bond donors (Lipinski definition) is 2. The third kappa shape index (κ3) is 3.48. The number of fused-ring (bicyclic) bond motifs is 1. The van der Waals surface area contributed by atoms with Crippen molar-refractivity contribution in [2.45, 2.75) is 51.5 Å². The molecule has 1 saturated carbocycles. The summed E-state index contributed by atoms with van der Waals surface area (Å²) in [6.45, 7) is 4.25. The van der Waals surface area contributed by atoms with E-state index in [9.17, 15) is 9.18 Å². The summed E-state index contributed by atoms with van der Waals surface area (Å²) >= 11 is 0. The molecule has 2 aliphatic carbocycles. The van der Waals surface area contributed by atoms with Crippen LogP contribution in [0, 0.1) is 18.7 Å². The van der Waals surface area contributed by atoms with Gasteiger partial charge in [0, 0.05) is 17.8 Å². The monoisotopic (exact) mass is 392 g/mol. The molecule has 5 nitrogen and oxygen atoms in total. The Labute approximate surface area is 164 Å². The van der Waals surface area contributed by atoms with Crippen molar-refractivity contribution < 1.29 is 9.18 Å². The van der Waals surface area contributed by atoms with E-state index in [0.717, 1.165) is 48.9 Å². The van der Waals surface area contributed by atoms with Gasteiger partial charge in [0.15, 0.2) is 5.69 Å². The third-order valence-electron chi connectivity index (χ3n) is 5.78. The molecule has 0 aliphatic heterocycles. The van der Waals surface area contributed by atoms with E-state index in [-0.39, 0.29) is 24.1 Å². The average Bonchev–Trinajstić information content (AvgIpc) is 3.25. The Hall–Kier alpha value is -1.92. The van der Waals surface area contributed by atoms with Crippen LogP contribution in [0.15, 0.2) is 18.2 Å². The van der Waals surface area contributed by atoms with E-state index in [1.54, 1.807) is 10.7 Å². The molecule has 1 fully saturated rings. The molecule has 1 unspecified atom stereocenters. The summed E-state index contributed by atoms with van der Waals surface area (Å²) in [6.07, 6.45) is 4.75. The van der Waals surface area contributed by atoms with Gasteiger partial charge in [-0.25, -0.2) is 9.07 Å². The van der Waals surface area contributed by atoms with Crippen LogP contribution in [0.4, 0.5) is 4.39 Å². The van der Waals surface area contributed by atoms with Crippen molar-refractivity contribution in [1.82, 2.24) is 15.1 Å². The van der Waals surface area contributed by atoms with Crippen LogP contribution in [-0.2, 0) is 12.8 Å². The molecule has 1 aromatic heterocycles. The van der Waals surface area contributed by atoms with Crippen molar-refractivity contribution in [3.05, 3.63) is 46.5 Å². The van der Waals surface area contributed by atoms with Gasteiger partial charge < -0.3 is 11.1 Å². The normalized spacial score (nSPS) is 17.8. The summed E-state index contributed by atoms with van der Waals surface area (Å²) < 4.78 is 16.1. The van der Waals surface area contributed by atoms with Crippen molar-refractivity contribution in [3.63, 3.8) is 0 Å². The summed E-state index contributed by atoms with van der Waals surface area (Å²) in [4.78, 5) is 13.0. The predicted molar refractivity (Wildman–Crippen MR) is 105 cm³/mol. The molecule has 0 radical (unpaired) electrons. The minimum absolute atomic E-state index is 0. The van der Waals surface area contributed by atoms with Gasteiger partial charge in [-0.3, -0.25) is 4.79 Å². The van der Waals surface area contributed by atoms with E-state index in [1.807, 2.05) is 19.9 Å². The predicted octanol–water partition coefficient (Wildman–Crippen LogP) is 3.09. The maximum atomic E-state index is 14.5. The van der Waals surface area contributed by atoms with Crippen molar-refractivity contribution >= 4 is 18.3 Å². The Kier molecular flexibility index (Phi) is 5.32. The first kappa shape index (κ1) is 19.8. The lowest BCUT2D eigenvalue weighted by Gasteiger charge is -2.29. The highest BCUT2D eigenvalue weighted by Crippen LogP contribution is 2.39. The van der Waals surface area contributed by atoms with Crippen molar-refractivity contribution in [3.8, 4) is 5.69 Å². The number of nitrogens with one attached hydrogen (secondary N) is 1. The topological polar surface area (TPSA) is 72.9 Å². The fourth-order valence-corrected chi connectivity index (χ4v) is 3.96. The highest BCUT2D eigenvalue weighted by Gasteiger charge is 2.42. The van der Waals surface area contributed by atoms with Gasteiger partial charge >= 0.3 is 0 Å². The van der Waals surface area contributed by atoms with E-state index >= 15 is 0 Å². The number of carbonyl (C=O) groups is 1. The van der Waals surface area contributed by atoms with E-state index in [0.29, 0.717) is 23.8 Å². The zero-order valence-electron chi connectivity index (χ0n) is 15.7. The second-order valence-electron chi connectivity index (χ2n) is 7.84. The van der Waals surface area contributed by atoms with E-state index < -0.39 is 5.54 Å². The smallest absolute Gasteiger partial charge is 0.272 e. The van der Waals surface area contributed by atoms with Gasteiger partial charge in [-0.05, 0) is 69.6 Å². The summed E-state index contributed by atoms with van der Waals surface area (Å²) in [7, 11) is 0. The molecular formula is C20H26ClFN4O. The average molecular weight is 393 g/mol. The van der Waals surface area contributed by atoms with E-state index in [2.05, 4.69) is 10.4 Å². The molecule has 2 aromatic rings. The van der Waals surface area contributed by atoms with Crippen LogP contribution in [0.3, 0.4) is 0 Å². The number of aryl methyl sites for hydroxylation is 1. The van der Waals surface area contributed by atoms with Gasteiger partial charge in [-0.1, -0.05) is 6.07 Å². The highest BCUT2D eigenvalue weighted by molar-refractivity contribution is 5.95. The Bertz CT molecular complexity index is 877. The molecule has 0 saturated heterocycles. The van der Waals surface area contributed by atoms with Gasteiger partial charge in [-0.15, -0.1) is 12.4 Å². The van der Waals surface area contributed by atoms with Gasteiger partial charge in [0.05, 0.1) is 5.54 Å². The van der Waals surface area contributed by atoms with Crippen molar-refractivity contribution in [1.29, 1.82) is 0 Å². The largest absolute Gasteiger partial charge is 0.344 e. The Balaban J connectivity index is 0.00000210. The Morgan fingerprint density at radius 2 is 2.15 bits per heavy atom. The summed E-state index contributed by atoms with van der Waals surface area (Å²) in [5.41, 5.74) is 9.08. The fourth-order valence-electron chi connectivity index (χ4n) is 3.96. The van der Waals surface area contributed by atoms with Gasteiger partial charge in [0.2, 0.25) is 0 Å². The summed E-state index contributed by atoms with van der Waals surface area (Å²) in [6, 6.07) is 5.09. The molecule has 27 heavy (non-hydrogen) atoms. The molecule has 146 valence electrons. The highest BCUT2D eigenvalue weighted by atomic mass is 35.5. The van der Waals surface area contributed by atoms with Gasteiger partial charge in [0.1, 0.15) is 11.5 Å². The molecule has 1 heterocycles. The van der Waals surface area contributed by atoms with Crippen LogP contribution in [0.5, 0.6) is 0 Å². The number of aromatic nitrogens is 2. The maximum absolute atomic E-state index is 14.5. The molecule has 7 heteroatoms. The van der Waals surface area contributed by atoms with Gasteiger partial charge in [-0.2, -0.15) is 5.10 Å². The molecule has 1 aromatic carbocycles. The lowest BCUT2D eigenvalue weighted by atomic mass is 9.95. The third-order valence-corrected chi connectivity index (χ3v) is 5.78. The first-order valence-corrected chi connectivity index (χ1v) is 9.33. The fraction of sp³-hybridized carbons (Fsp3) is 0.500. The van der Waals surface area contributed by atoms with Gasteiger partial charge in [0.25, 0.3) is 5.91 Å².